The van der Waals surface area contributed by atoms with E-state index in [1.807, 2.05) is 0 Å². The van der Waals surface area contributed by atoms with E-state index >= 15 is 0 Å². The molecule has 0 bridgehead atoms. The summed E-state index contributed by atoms with van der Waals surface area (Å²) in [5.74, 6) is 1.51. The van der Waals surface area contributed by atoms with E-state index in [1.165, 1.54) is 38.9 Å². The zero-order valence-corrected chi connectivity index (χ0v) is 10.7. The molecular weight excluding hydrogens is 216 g/mol. The minimum absolute atomic E-state index is 0.521. The Morgan fingerprint density at radius 3 is 2.88 bits per heavy atom. The molecule has 0 saturated carbocycles. The van der Waals surface area contributed by atoms with E-state index in [0.29, 0.717) is 12.6 Å². The fourth-order valence-electron chi connectivity index (χ4n) is 2.46. The van der Waals surface area contributed by atoms with Crippen LogP contribution in [0.2, 0.25) is 0 Å². The minimum Gasteiger partial charge on any atom is -0.343 e. The summed E-state index contributed by atoms with van der Waals surface area (Å²) in [6.07, 6.45) is 3.95. The van der Waals surface area contributed by atoms with Crippen LogP contribution in [0.3, 0.4) is 0 Å². The van der Waals surface area contributed by atoms with Gasteiger partial charge in [-0.3, -0.25) is 0 Å². The monoisotopic (exact) mass is 238 g/mol. The van der Waals surface area contributed by atoms with Crippen LogP contribution in [0.4, 0.5) is 0 Å². The summed E-state index contributed by atoms with van der Waals surface area (Å²) in [5, 5.41) is 7.29. The Hall–Kier alpha value is -0.940. The van der Waals surface area contributed by atoms with Crippen LogP contribution in [0.15, 0.2) is 10.9 Å². The summed E-state index contributed by atoms with van der Waals surface area (Å²) in [5.41, 5.74) is 0. The van der Waals surface area contributed by atoms with E-state index < -0.39 is 0 Å². The average molecular weight is 238 g/mol. The molecule has 0 spiro atoms. The van der Waals surface area contributed by atoms with Crippen LogP contribution in [-0.4, -0.2) is 40.7 Å². The van der Waals surface area contributed by atoms with Gasteiger partial charge in [0.25, 0.3) is 0 Å². The standard InChI is InChI=1S/C12H22N4O/c1-3-16-6-4-11(5-7-16)10(2)13-8-12-14-9-17-15-12/h9-11,13H,3-8H2,1-2H3. The van der Waals surface area contributed by atoms with Crippen LogP contribution in [0.1, 0.15) is 32.5 Å². The van der Waals surface area contributed by atoms with Gasteiger partial charge in [-0.15, -0.1) is 0 Å². The molecule has 1 fully saturated rings. The summed E-state index contributed by atoms with van der Waals surface area (Å²) in [4.78, 5) is 6.53. The van der Waals surface area contributed by atoms with E-state index in [4.69, 9.17) is 4.52 Å². The van der Waals surface area contributed by atoms with Crippen LogP contribution in [0.25, 0.3) is 0 Å². The Morgan fingerprint density at radius 2 is 2.29 bits per heavy atom. The molecule has 5 heteroatoms. The lowest BCUT2D eigenvalue weighted by Gasteiger charge is -2.34. The third-order valence-corrected chi connectivity index (χ3v) is 3.78. The third-order valence-electron chi connectivity index (χ3n) is 3.78. The van der Waals surface area contributed by atoms with E-state index in [2.05, 4.69) is 34.2 Å². The smallest absolute Gasteiger partial charge is 0.213 e. The number of nitrogens with zero attached hydrogens (tertiary/aromatic N) is 3. The van der Waals surface area contributed by atoms with Crippen molar-refractivity contribution in [3.8, 4) is 0 Å². The first kappa shape index (κ1) is 12.5. The van der Waals surface area contributed by atoms with Crippen molar-refractivity contribution in [2.45, 2.75) is 39.3 Å². The molecule has 2 heterocycles. The van der Waals surface area contributed by atoms with Gasteiger partial charge in [-0.2, -0.15) is 4.98 Å². The first-order valence-corrected chi connectivity index (χ1v) is 6.50. The van der Waals surface area contributed by atoms with Crippen molar-refractivity contribution in [1.82, 2.24) is 20.4 Å². The first-order valence-electron chi connectivity index (χ1n) is 6.50. The molecule has 1 unspecified atom stereocenters. The average Bonchev–Trinajstić information content (AvgIpc) is 2.89. The molecule has 1 aliphatic rings. The van der Waals surface area contributed by atoms with Crippen LogP contribution >= 0.6 is 0 Å². The number of hydrogen-bond acceptors (Lipinski definition) is 5. The van der Waals surface area contributed by atoms with Gasteiger partial charge in [0.1, 0.15) is 0 Å². The Balaban J connectivity index is 1.71. The molecule has 1 atom stereocenters. The molecule has 0 aliphatic carbocycles. The lowest BCUT2D eigenvalue weighted by molar-refractivity contribution is 0.168. The fourth-order valence-corrected chi connectivity index (χ4v) is 2.46. The van der Waals surface area contributed by atoms with Crippen molar-refractivity contribution in [2.24, 2.45) is 5.92 Å². The van der Waals surface area contributed by atoms with E-state index in [-0.39, 0.29) is 0 Å². The highest BCUT2D eigenvalue weighted by atomic mass is 16.5. The van der Waals surface area contributed by atoms with Crippen molar-refractivity contribution < 1.29 is 4.52 Å². The SMILES string of the molecule is CCN1CCC(C(C)NCc2ncon2)CC1. The Kier molecular flexibility index (Phi) is 4.50. The summed E-state index contributed by atoms with van der Waals surface area (Å²) in [6, 6.07) is 0.521. The van der Waals surface area contributed by atoms with Crippen molar-refractivity contribution in [1.29, 1.82) is 0 Å². The van der Waals surface area contributed by atoms with Crippen molar-refractivity contribution >= 4 is 0 Å². The van der Waals surface area contributed by atoms with Gasteiger partial charge in [0.2, 0.25) is 6.39 Å². The van der Waals surface area contributed by atoms with Crippen LogP contribution in [-0.2, 0) is 6.54 Å². The van der Waals surface area contributed by atoms with Crippen LogP contribution in [0.5, 0.6) is 0 Å². The zero-order valence-electron chi connectivity index (χ0n) is 10.7. The van der Waals surface area contributed by atoms with Crippen LogP contribution < -0.4 is 5.32 Å². The molecule has 96 valence electrons. The molecule has 1 N–H and O–H groups in total. The lowest BCUT2D eigenvalue weighted by Crippen LogP contribution is -2.41. The summed E-state index contributed by atoms with van der Waals surface area (Å²) >= 11 is 0. The predicted octanol–water partition coefficient (Wildman–Crippen LogP) is 1.28. The first-order chi connectivity index (χ1) is 8.29. The van der Waals surface area contributed by atoms with Gasteiger partial charge in [0.15, 0.2) is 5.82 Å². The van der Waals surface area contributed by atoms with Gasteiger partial charge in [0, 0.05) is 6.04 Å². The van der Waals surface area contributed by atoms with Gasteiger partial charge in [0.05, 0.1) is 6.54 Å². The molecule has 1 saturated heterocycles. The topological polar surface area (TPSA) is 54.2 Å². The second kappa shape index (κ2) is 6.12. The summed E-state index contributed by atoms with van der Waals surface area (Å²) < 4.78 is 4.71. The molecule has 1 aromatic rings. The Labute approximate surface area is 103 Å². The maximum absolute atomic E-state index is 4.71. The quantitative estimate of drug-likeness (QED) is 0.837. The van der Waals surface area contributed by atoms with E-state index in [0.717, 1.165) is 11.7 Å². The second-order valence-corrected chi connectivity index (χ2v) is 4.79. The highest BCUT2D eigenvalue weighted by Gasteiger charge is 2.22. The number of aromatic nitrogens is 2. The third kappa shape index (κ3) is 3.51. The number of hydrogen-bond donors (Lipinski definition) is 1. The van der Waals surface area contributed by atoms with Crippen molar-refractivity contribution in [3.05, 3.63) is 12.2 Å². The molecule has 0 radical (unpaired) electrons. The minimum atomic E-state index is 0.521. The number of rotatable bonds is 5. The van der Waals surface area contributed by atoms with Gasteiger partial charge in [-0.05, 0) is 45.3 Å². The second-order valence-electron chi connectivity index (χ2n) is 4.79. The largest absolute Gasteiger partial charge is 0.343 e. The van der Waals surface area contributed by atoms with Crippen molar-refractivity contribution in [3.63, 3.8) is 0 Å². The zero-order chi connectivity index (χ0) is 12.1. The van der Waals surface area contributed by atoms with Gasteiger partial charge in [-0.25, -0.2) is 0 Å². The molecule has 1 aliphatic heterocycles. The molecular formula is C12H22N4O. The highest BCUT2D eigenvalue weighted by molar-refractivity contribution is 4.82. The van der Waals surface area contributed by atoms with E-state index in [1.54, 1.807) is 0 Å². The van der Waals surface area contributed by atoms with E-state index in [9.17, 15) is 0 Å². The molecule has 1 aromatic heterocycles. The molecule has 5 nitrogen and oxygen atoms in total. The Morgan fingerprint density at radius 1 is 1.53 bits per heavy atom. The van der Waals surface area contributed by atoms with Gasteiger partial charge < -0.3 is 14.7 Å². The van der Waals surface area contributed by atoms with Crippen molar-refractivity contribution in [2.75, 3.05) is 19.6 Å². The normalized spacial score (nSPS) is 20.6. The molecule has 0 amide bonds. The van der Waals surface area contributed by atoms with Crippen LogP contribution in [0, 0.1) is 5.92 Å². The van der Waals surface area contributed by atoms with Gasteiger partial charge in [-0.1, -0.05) is 12.1 Å². The predicted molar refractivity (Wildman–Crippen MR) is 65.4 cm³/mol. The molecule has 2 rings (SSSR count). The molecule has 17 heavy (non-hydrogen) atoms. The summed E-state index contributed by atoms with van der Waals surface area (Å²) in [7, 11) is 0. The molecule has 0 aromatic carbocycles. The maximum Gasteiger partial charge on any atom is 0.213 e. The fraction of sp³-hybridized carbons (Fsp3) is 0.833. The number of piperidine rings is 1. The lowest BCUT2D eigenvalue weighted by atomic mass is 9.90. The Bertz CT molecular complexity index is 306. The highest BCUT2D eigenvalue weighted by Crippen LogP contribution is 2.20. The van der Waals surface area contributed by atoms with Gasteiger partial charge >= 0.3 is 0 Å². The number of nitrogens with one attached hydrogen (secondary N) is 1. The maximum atomic E-state index is 4.71. The summed E-state index contributed by atoms with van der Waals surface area (Å²) in [6.45, 7) is 8.83. The number of likely N-dealkylation sites (tertiary alicyclic amines) is 1.